The fourth-order valence-electron chi connectivity index (χ4n) is 1.97. The number of esters is 1. The zero-order valence-corrected chi connectivity index (χ0v) is 18.8. The number of aliphatic hydroxyl groups excluding tert-OH is 1. The van der Waals surface area contributed by atoms with Gasteiger partial charge in [-0.1, -0.05) is 50.9 Å². The summed E-state index contributed by atoms with van der Waals surface area (Å²) in [5, 5.41) is 15.4. The molecule has 7 nitrogen and oxygen atoms in total. The number of amides is 2. The summed E-state index contributed by atoms with van der Waals surface area (Å²) < 4.78 is 4.58. The van der Waals surface area contributed by atoms with Crippen molar-refractivity contribution in [3.05, 3.63) is 45.6 Å². The maximum atomic E-state index is 12.2. The molecule has 1 aromatic carbocycles. The normalized spacial score (nSPS) is 11.1. The molecule has 0 aliphatic heterocycles. The zero-order chi connectivity index (χ0) is 21.6. The number of carbonyl (C=O) groups is 3. The fraction of sp³-hybridized carbons (Fsp3) is 0.389. The largest absolute Gasteiger partial charge is 0.515 e. The lowest BCUT2D eigenvalue weighted by molar-refractivity contribution is -0.154. The van der Waals surface area contributed by atoms with Gasteiger partial charge in [0.05, 0.1) is 18.4 Å². The van der Waals surface area contributed by atoms with Crippen molar-refractivity contribution >= 4 is 62.6 Å². The van der Waals surface area contributed by atoms with E-state index < -0.39 is 11.9 Å². The summed E-state index contributed by atoms with van der Waals surface area (Å²) in [7, 11) is 3.01. The lowest BCUT2D eigenvalue weighted by Crippen LogP contribution is -2.33. The summed E-state index contributed by atoms with van der Waals surface area (Å²) in [5.74, 6) is -0.802. The second kappa shape index (κ2) is 14.4. The van der Waals surface area contributed by atoms with Gasteiger partial charge in [0.25, 0.3) is 5.91 Å². The molecule has 0 aliphatic carbocycles. The van der Waals surface area contributed by atoms with E-state index in [0.717, 1.165) is 6.26 Å². The molecule has 160 valence electrons. The van der Waals surface area contributed by atoms with Crippen LogP contribution in [0.2, 0.25) is 10.0 Å². The van der Waals surface area contributed by atoms with E-state index in [0.29, 0.717) is 40.2 Å². The summed E-state index contributed by atoms with van der Waals surface area (Å²) >= 11 is 11.9. The third-order valence-corrected chi connectivity index (χ3v) is 6.32. The number of carbonyl (C=O) groups excluding carboxylic acids is 3. The molecule has 3 N–H and O–H groups in total. The van der Waals surface area contributed by atoms with E-state index in [4.69, 9.17) is 23.2 Å². The highest BCUT2D eigenvalue weighted by Gasteiger charge is 2.14. The smallest absolute Gasteiger partial charge is 0.396 e. The molecule has 0 heterocycles. The summed E-state index contributed by atoms with van der Waals surface area (Å²) in [6, 6.07) is 4.95. The molecule has 1 aromatic rings. The molecule has 0 aliphatic rings. The molecule has 2 amide bonds. The second-order valence-electron chi connectivity index (χ2n) is 5.44. The highest BCUT2D eigenvalue weighted by Crippen LogP contribution is 2.23. The third-order valence-electron chi connectivity index (χ3n) is 3.33. The summed E-state index contributed by atoms with van der Waals surface area (Å²) in [6.45, 7) is 2.52. The lowest BCUT2D eigenvalue weighted by Gasteiger charge is -2.09. The van der Waals surface area contributed by atoms with Gasteiger partial charge in [-0.15, -0.1) is 0 Å². The van der Waals surface area contributed by atoms with Gasteiger partial charge in [0.1, 0.15) is 0 Å². The number of nitrogens with one attached hydrogen (secondary N) is 2. The van der Waals surface area contributed by atoms with Gasteiger partial charge in [-0.2, -0.15) is 0 Å². The molecule has 1 rings (SSSR count). The van der Waals surface area contributed by atoms with E-state index in [1.807, 2.05) is 0 Å². The summed E-state index contributed by atoms with van der Waals surface area (Å²) in [4.78, 5) is 34.6. The average molecular weight is 481 g/mol. The van der Waals surface area contributed by atoms with Crippen LogP contribution in [0.5, 0.6) is 0 Å². The van der Waals surface area contributed by atoms with E-state index >= 15 is 0 Å². The Kier molecular flexibility index (Phi) is 12.7. The number of hydrogen-bond acceptors (Lipinski definition) is 7. The average Bonchev–Trinajstić information content (AvgIpc) is 2.69. The number of rotatable bonds is 11. The van der Waals surface area contributed by atoms with Crippen LogP contribution in [0.15, 0.2) is 30.0 Å². The molecular weight excluding hydrogens is 459 g/mol. The Bertz CT molecular complexity index is 747. The molecule has 0 atom stereocenters. The maximum Gasteiger partial charge on any atom is 0.396 e. The lowest BCUT2D eigenvalue weighted by atomic mass is 10.1. The third kappa shape index (κ3) is 10.2. The molecule has 29 heavy (non-hydrogen) atoms. The Balaban J connectivity index is 2.21. The number of hydrogen-bond donors (Lipinski definition) is 3. The van der Waals surface area contributed by atoms with E-state index in [1.165, 1.54) is 21.6 Å². The molecule has 0 bridgehead atoms. The Labute approximate surface area is 187 Å². The zero-order valence-electron chi connectivity index (χ0n) is 15.7. The van der Waals surface area contributed by atoms with E-state index in [9.17, 15) is 19.5 Å². The van der Waals surface area contributed by atoms with Crippen molar-refractivity contribution in [1.29, 1.82) is 0 Å². The van der Waals surface area contributed by atoms with Crippen molar-refractivity contribution in [2.24, 2.45) is 0 Å². The van der Waals surface area contributed by atoms with Crippen molar-refractivity contribution in [3.63, 3.8) is 0 Å². The van der Waals surface area contributed by atoms with Crippen LogP contribution >= 0.6 is 44.8 Å². The summed E-state index contributed by atoms with van der Waals surface area (Å²) in [5.41, 5.74) is 0.870. The Morgan fingerprint density at radius 2 is 1.72 bits per heavy atom. The van der Waals surface area contributed by atoms with Crippen LogP contribution in [-0.4, -0.2) is 54.1 Å². The standard InChI is InChI=1S/C18H22Cl2N2O5S2/c1-2-27-18(26)17(25)22-6-8-29-28-7-5-21-16(24)13(11-23)9-12-3-4-14(19)10-15(12)20/h3-4,10-11,23H,2,5-9H2,1H3,(H,21,24)(H,22,25)/b13-11+. The van der Waals surface area contributed by atoms with Crippen molar-refractivity contribution in [1.82, 2.24) is 10.6 Å². The van der Waals surface area contributed by atoms with Crippen LogP contribution in [-0.2, 0) is 25.5 Å². The van der Waals surface area contributed by atoms with Crippen LogP contribution in [0.25, 0.3) is 0 Å². The predicted octanol–water partition coefficient (Wildman–Crippen LogP) is 3.15. The van der Waals surface area contributed by atoms with Gasteiger partial charge in [0.15, 0.2) is 0 Å². The minimum absolute atomic E-state index is 0.155. The first-order valence-corrected chi connectivity index (χ1v) is 11.9. The van der Waals surface area contributed by atoms with Crippen LogP contribution in [0.4, 0.5) is 0 Å². The van der Waals surface area contributed by atoms with Gasteiger partial charge in [-0.25, -0.2) is 4.79 Å². The fourth-order valence-corrected chi connectivity index (χ4v) is 4.26. The van der Waals surface area contributed by atoms with Crippen LogP contribution < -0.4 is 10.6 Å². The van der Waals surface area contributed by atoms with Gasteiger partial charge in [0.2, 0.25) is 0 Å². The molecule has 11 heteroatoms. The molecule has 0 fully saturated rings. The van der Waals surface area contributed by atoms with Crippen LogP contribution in [0.3, 0.4) is 0 Å². The maximum absolute atomic E-state index is 12.2. The highest BCUT2D eigenvalue weighted by molar-refractivity contribution is 8.76. The predicted molar refractivity (Wildman–Crippen MR) is 118 cm³/mol. The summed E-state index contributed by atoms with van der Waals surface area (Å²) in [6.07, 6.45) is 0.953. The van der Waals surface area contributed by atoms with Crippen molar-refractivity contribution in [2.75, 3.05) is 31.2 Å². The highest BCUT2D eigenvalue weighted by atomic mass is 35.5. The molecule has 0 radical (unpaired) electrons. The number of ether oxygens (including phenoxy) is 1. The molecule has 0 aromatic heterocycles. The first-order valence-electron chi connectivity index (χ1n) is 8.63. The van der Waals surface area contributed by atoms with Gasteiger partial charge in [0, 0.05) is 41.1 Å². The Morgan fingerprint density at radius 3 is 2.28 bits per heavy atom. The quantitative estimate of drug-likeness (QED) is 0.111. The molecule has 0 spiro atoms. The monoisotopic (exact) mass is 480 g/mol. The van der Waals surface area contributed by atoms with Crippen LogP contribution in [0, 0.1) is 0 Å². The minimum atomic E-state index is -0.888. The Hall–Kier alpha value is -1.55. The van der Waals surface area contributed by atoms with Crippen molar-refractivity contribution < 1.29 is 24.2 Å². The van der Waals surface area contributed by atoms with Gasteiger partial charge < -0.3 is 20.5 Å². The van der Waals surface area contributed by atoms with E-state index in [1.54, 1.807) is 25.1 Å². The number of benzene rings is 1. The minimum Gasteiger partial charge on any atom is -0.515 e. The molecule has 0 unspecified atom stereocenters. The van der Waals surface area contributed by atoms with Crippen LogP contribution in [0.1, 0.15) is 12.5 Å². The van der Waals surface area contributed by atoms with Crippen molar-refractivity contribution in [3.8, 4) is 0 Å². The molecular formula is C18H22Cl2N2O5S2. The number of halogens is 2. The molecule has 0 saturated carbocycles. The van der Waals surface area contributed by atoms with E-state index in [2.05, 4.69) is 15.4 Å². The van der Waals surface area contributed by atoms with Gasteiger partial charge in [-0.3, -0.25) is 9.59 Å². The SMILES string of the molecule is CCOC(=O)C(=O)NCCSSCCNC(=O)/C(=C/O)Cc1ccc(Cl)cc1Cl. The van der Waals surface area contributed by atoms with Gasteiger partial charge in [-0.05, 0) is 24.6 Å². The van der Waals surface area contributed by atoms with E-state index in [-0.39, 0.29) is 24.5 Å². The molecule has 0 saturated heterocycles. The Morgan fingerprint density at radius 1 is 1.10 bits per heavy atom. The topological polar surface area (TPSA) is 105 Å². The van der Waals surface area contributed by atoms with Gasteiger partial charge >= 0.3 is 11.9 Å². The first-order chi connectivity index (χ1) is 13.9. The second-order valence-corrected chi connectivity index (χ2v) is 8.99. The first kappa shape index (κ1) is 25.5. The van der Waals surface area contributed by atoms with Crippen molar-refractivity contribution in [2.45, 2.75) is 13.3 Å². The number of aliphatic hydroxyl groups is 1.